The molecular weight excluding hydrogens is 382 g/mol. The number of carbonyl (C=O) groups excluding carboxylic acids is 1. The summed E-state index contributed by atoms with van der Waals surface area (Å²) >= 11 is 7.77. The summed E-state index contributed by atoms with van der Waals surface area (Å²) < 4.78 is 2.78. The van der Waals surface area contributed by atoms with Crippen molar-refractivity contribution in [1.82, 2.24) is 19.7 Å². The van der Waals surface area contributed by atoms with E-state index in [1.165, 1.54) is 0 Å². The Morgan fingerprint density at radius 3 is 2.85 bits per heavy atom. The van der Waals surface area contributed by atoms with Gasteiger partial charge in [0.15, 0.2) is 5.13 Å². The second kappa shape index (κ2) is 7.48. The van der Waals surface area contributed by atoms with Gasteiger partial charge in [0.1, 0.15) is 0 Å². The molecule has 1 aromatic carbocycles. The first-order chi connectivity index (χ1) is 13.0. The molecule has 142 valence electrons. The summed E-state index contributed by atoms with van der Waals surface area (Å²) in [5.74, 6) is 0.546. The highest BCUT2D eigenvalue weighted by Crippen LogP contribution is 2.33. The molecule has 4 rings (SSSR count). The molecule has 3 aromatic rings. The van der Waals surface area contributed by atoms with Crippen LogP contribution in [0.1, 0.15) is 23.2 Å². The number of aromatic nitrogens is 3. The van der Waals surface area contributed by atoms with Gasteiger partial charge in [-0.05, 0) is 37.0 Å². The number of hydrogen-bond acceptors (Lipinski definition) is 5. The van der Waals surface area contributed by atoms with Gasteiger partial charge in [-0.25, -0.2) is 4.98 Å². The lowest BCUT2D eigenvalue weighted by atomic mass is 9.96. The highest BCUT2D eigenvalue weighted by Gasteiger charge is 2.24. The molecule has 2 aromatic heterocycles. The number of carbonyl (C=O) groups is 1. The summed E-state index contributed by atoms with van der Waals surface area (Å²) in [5, 5.41) is 5.89. The van der Waals surface area contributed by atoms with Crippen molar-refractivity contribution in [3.8, 4) is 0 Å². The maximum absolute atomic E-state index is 12.5. The van der Waals surface area contributed by atoms with Crippen molar-refractivity contribution in [1.29, 1.82) is 0 Å². The molecule has 8 heteroatoms. The number of thiazole rings is 1. The number of anilines is 1. The molecule has 0 unspecified atom stereocenters. The van der Waals surface area contributed by atoms with Crippen LogP contribution >= 0.6 is 22.9 Å². The van der Waals surface area contributed by atoms with Gasteiger partial charge in [-0.2, -0.15) is 5.10 Å². The summed E-state index contributed by atoms with van der Waals surface area (Å²) in [4.78, 5) is 21.4. The molecule has 3 heterocycles. The van der Waals surface area contributed by atoms with Crippen molar-refractivity contribution < 1.29 is 4.79 Å². The fraction of sp³-hybridized carbons (Fsp3) is 0.421. The summed E-state index contributed by atoms with van der Waals surface area (Å²) in [7, 11) is 3.70. The normalized spacial score (nSPS) is 15.4. The number of benzene rings is 1. The summed E-state index contributed by atoms with van der Waals surface area (Å²) in [6.07, 6.45) is 5.50. The van der Waals surface area contributed by atoms with Crippen LogP contribution in [0.5, 0.6) is 0 Å². The number of halogens is 1. The molecule has 6 nitrogen and oxygen atoms in total. The second-order valence-corrected chi connectivity index (χ2v) is 8.57. The number of hydrogen-bond donors (Lipinski definition) is 0. The van der Waals surface area contributed by atoms with E-state index in [2.05, 4.69) is 10.00 Å². The lowest BCUT2D eigenvalue weighted by molar-refractivity contribution is 0.0765. The molecule has 0 saturated carbocycles. The summed E-state index contributed by atoms with van der Waals surface area (Å²) in [6.45, 7) is 2.71. The molecule has 1 aliphatic heterocycles. The lowest BCUT2D eigenvalue weighted by Crippen LogP contribution is -2.39. The highest BCUT2D eigenvalue weighted by atomic mass is 35.5. The Bertz CT molecular complexity index is 960. The van der Waals surface area contributed by atoms with Gasteiger partial charge >= 0.3 is 0 Å². The Labute approximate surface area is 167 Å². The van der Waals surface area contributed by atoms with Crippen molar-refractivity contribution in [2.75, 3.05) is 31.6 Å². The van der Waals surface area contributed by atoms with Crippen LogP contribution < -0.4 is 4.90 Å². The zero-order valence-electron chi connectivity index (χ0n) is 15.4. The smallest absolute Gasteiger partial charge is 0.256 e. The Morgan fingerprint density at radius 1 is 1.37 bits per heavy atom. The largest absolute Gasteiger partial charge is 0.348 e. The van der Waals surface area contributed by atoms with Gasteiger partial charge in [-0.3, -0.25) is 9.48 Å². The predicted molar refractivity (Wildman–Crippen MR) is 110 cm³/mol. The summed E-state index contributed by atoms with van der Waals surface area (Å²) in [5.41, 5.74) is 1.65. The zero-order chi connectivity index (χ0) is 19.0. The first-order valence-electron chi connectivity index (χ1n) is 9.05. The Morgan fingerprint density at radius 2 is 2.15 bits per heavy atom. The van der Waals surface area contributed by atoms with E-state index in [4.69, 9.17) is 16.6 Å². The number of nitrogens with zero attached hydrogens (tertiary/aromatic N) is 5. The topological polar surface area (TPSA) is 54.3 Å². The number of amides is 1. The molecule has 0 bridgehead atoms. The third-order valence-corrected chi connectivity index (χ3v) is 6.37. The van der Waals surface area contributed by atoms with E-state index in [1.54, 1.807) is 28.4 Å². The van der Waals surface area contributed by atoms with Crippen LogP contribution in [0.15, 0.2) is 30.6 Å². The van der Waals surface area contributed by atoms with Crippen LogP contribution in [0.25, 0.3) is 10.2 Å². The highest BCUT2D eigenvalue weighted by molar-refractivity contribution is 7.22. The maximum atomic E-state index is 12.5. The second-order valence-electron chi connectivity index (χ2n) is 7.13. The van der Waals surface area contributed by atoms with E-state index < -0.39 is 0 Å². The van der Waals surface area contributed by atoms with E-state index in [-0.39, 0.29) is 5.91 Å². The Kier molecular flexibility index (Phi) is 5.06. The molecule has 0 atom stereocenters. The van der Waals surface area contributed by atoms with Crippen molar-refractivity contribution in [2.45, 2.75) is 12.8 Å². The van der Waals surface area contributed by atoms with Crippen LogP contribution in [0, 0.1) is 5.92 Å². The lowest BCUT2D eigenvalue weighted by Gasteiger charge is -2.33. The SMILES string of the molecule is CN(CC1CCN(c2nc3ccc(Cl)cc3s2)CC1)C(=O)c1cnn(C)c1. The first-order valence-corrected chi connectivity index (χ1v) is 10.2. The first kappa shape index (κ1) is 18.3. The number of piperidine rings is 1. The van der Waals surface area contributed by atoms with E-state index in [9.17, 15) is 4.79 Å². The van der Waals surface area contributed by atoms with E-state index >= 15 is 0 Å². The van der Waals surface area contributed by atoms with Gasteiger partial charge in [0.2, 0.25) is 0 Å². The monoisotopic (exact) mass is 403 g/mol. The van der Waals surface area contributed by atoms with Gasteiger partial charge in [0, 0.05) is 44.9 Å². The quantitative estimate of drug-likeness (QED) is 0.666. The van der Waals surface area contributed by atoms with Crippen molar-refractivity contribution in [3.05, 3.63) is 41.2 Å². The fourth-order valence-electron chi connectivity index (χ4n) is 3.55. The van der Waals surface area contributed by atoms with Crippen LogP contribution in [0.4, 0.5) is 5.13 Å². The molecule has 0 aliphatic carbocycles. The number of aryl methyl sites for hydroxylation is 1. The maximum Gasteiger partial charge on any atom is 0.256 e. The standard InChI is InChI=1S/C19H22ClN5OS/c1-23(18(26)14-10-21-24(2)12-14)11-13-5-7-25(8-6-13)19-22-16-4-3-15(20)9-17(16)27-19/h3-4,9-10,12-13H,5-8,11H2,1-2H3. The third-order valence-electron chi connectivity index (χ3n) is 5.05. The minimum atomic E-state index is 0.0357. The number of rotatable bonds is 4. The van der Waals surface area contributed by atoms with Crippen LogP contribution in [-0.2, 0) is 7.05 Å². The molecule has 1 fully saturated rings. The molecule has 0 spiro atoms. The Hall–Kier alpha value is -2.12. The minimum Gasteiger partial charge on any atom is -0.348 e. The van der Waals surface area contributed by atoms with Crippen molar-refractivity contribution in [2.24, 2.45) is 13.0 Å². The number of fused-ring (bicyclic) bond motifs is 1. The minimum absolute atomic E-state index is 0.0357. The van der Waals surface area contributed by atoms with Crippen LogP contribution in [0.3, 0.4) is 0 Å². The predicted octanol–water partition coefficient (Wildman–Crippen LogP) is 3.67. The van der Waals surface area contributed by atoms with Gasteiger partial charge < -0.3 is 9.80 Å². The average molecular weight is 404 g/mol. The molecule has 27 heavy (non-hydrogen) atoms. The van der Waals surface area contributed by atoms with Gasteiger partial charge in [0.05, 0.1) is 22.0 Å². The molecular formula is C19H22ClN5OS. The molecule has 1 aliphatic rings. The van der Waals surface area contributed by atoms with Gasteiger partial charge in [-0.15, -0.1) is 0 Å². The molecule has 0 N–H and O–H groups in total. The Balaban J connectivity index is 1.34. The summed E-state index contributed by atoms with van der Waals surface area (Å²) in [6, 6.07) is 5.84. The average Bonchev–Trinajstić information content (AvgIpc) is 3.27. The fourth-order valence-corrected chi connectivity index (χ4v) is 4.84. The van der Waals surface area contributed by atoms with Crippen LogP contribution in [-0.4, -0.2) is 52.3 Å². The van der Waals surface area contributed by atoms with Gasteiger partial charge in [0.25, 0.3) is 5.91 Å². The molecule has 1 saturated heterocycles. The third kappa shape index (κ3) is 3.94. The molecule has 1 amide bonds. The van der Waals surface area contributed by atoms with Crippen molar-refractivity contribution >= 4 is 44.2 Å². The van der Waals surface area contributed by atoms with Crippen LogP contribution in [0.2, 0.25) is 5.02 Å². The zero-order valence-corrected chi connectivity index (χ0v) is 17.0. The van der Waals surface area contributed by atoms with E-state index in [1.807, 2.05) is 37.2 Å². The van der Waals surface area contributed by atoms with Crippen molar-refractivity contribution in [3.63, 3.8) is 0 Å². The van der Waals surface area contributed by atoms with E-state index in [0.717, 1.165) is 52.8 Å². The molecule has 0 radical (unpaired) electrons. The van der Waals surface area contributed by atoms with Gasteiger partial charge in [-0.1, -0.05) is 22.9 Å². The van der Waals surface area contributed by atoms with E-state index in [0.29, 0.717) is 11.5 Å².